The van der Waals surface area contributed by atoms with E-state index in [2.05, 4.69) is 41.5 Å². The molecule has 0 aromatic rings. The van der Waals surface area contributed by atoms with Gasteiger partial charge in [-0.25, -0.2) is 0 Å². The normalized spacial score (nSPS) is 21.2. The van der Waals surface area contributed by atoms with Crippen molar-refractivity contribution in [3.05, 3.63) is 0 Å². The highest BCUT2D eigenvalue weighted by Gasteiger charge is 2.26. The first-order valence-corrected chi connectivity index (χ1v) is 7.08. The SMILES string of the molecule is CCC(C)CC(C)C(CC)C(C)C(C)CO. The van der Waals surface area contributed by atoms with Gasteiger partial charge in [-0.1, -0.05) is 54.4 Å². The molecule has 0 aliphatic carbocycles. The highest BCUT2D eigenvalue weighted by molar-refractivity contribution is 4.75. The molecule has 5 atom stereocenters. The van der Waals surface area contributed by atoms with Gasteiger partial charge >= 0.3 is 0 Å². The third kappa shape index (κ3) is 4.86. The number of hydrogen-bond acceptors (Lipinski definition) is 1. The Morgan fingerprint density at radius 1 is 0.875 bits per heavy atom. The second kappa shape index (κ2) is 8.11. The van der Waals surface area contributed by atoms with Gasteiger partial charge in [0.05, 0.1) is 0 Å². The van der Waals surface area contributed by atoms with Crippen molar-refractivity contribution < 1.29 is 5.11 Å². The molecule has 0 heterocycles. The van der Waals surface area contributed by atoms with Crippen molar-refractivity contribution in [1.82, 2.24) is 0 Å². The molecule has 0 fully saturated rings. The highest BCUT2D eigenvalue weighted by atomic mass is 16.3. The van der Waals surface area contributed by atoms with Crippen LogP contribution in [0.3, 0.4) is 0 Å². The molecule has 0 aliphatic rings. The van der Waals surface area contributed by atoms with E-state index >= 15 is 0 Å². The lowest BCUT2D eigenvalue weighted by molar-refractivity contribution is 0.119. The number of aliphatic hydroxyl groups is 1. The first-order valence-electron chi connectivity index (χ1n) is 7.08. The molecular weight excluding hydrogens is 196 g/mol. The maximum atomic E-state index is 9.26. The average Bonchev–Trinajstić information content (AvgIpc) is 2.28. The number of rotatable bonds is 8. The van der Waals surface area contributed by atoms with Crippen LogP contribution in [0.15, 0.2) is 0 Å². The zero-order valence-electron chi connectivity index (χ0n) is 12.2. The van der Waals surface area contributed by atoms with Crippen molar-refractivity contribution in [3.63, 3.8) is 0 Å². The molecule has 0 saturated heterocycles. The number of hydrogen-bond donors (Lipinski definition) is 1. The maximum absolute atomic E-state index is 9.26. The van der Waals surface area contributed by atoms with Crippen LogP contribution in [0.1, 0.15) is 60.8 Å². The first-order chi connectivity index (χ1) is 7.47. The molecule has 0 amide bonds. The van der Waals surface area contributed by atoms with Crippen LogP contribution in [0.5, 0.6) is 0 Å². The van der Waals surface area contributed by atoms with Crippen LogP contribution in [0.4, 0.5) is 0 Å². The van der Waals surface area contributed by atoms with Crippen LogP contribution >= 0.6 is 0 Å². The van der Waals surface area contributed by atoms with E-state index in [-0.39, 0.29) is 0 Å². The fourth-order valence-corrected chi connectivity index (χ4v) is 2.86. The molecule has 1 N–H and O–H groups in total. The molecule has 1 nitrogen and oxygen atoms in total. The third-order valence-electron chi connectivity index (χ3n) is 4.53. The summed E-state index contributed by atoms with van der Waals surface area (Å²) in [6, 6.07) is 0. The summed E-state index contributed by atoms with van der Waals surface area (Å²) in [6.07, 6.45) is 3.85. The summed E-state index contributed by atoms with van der Waals surface area (Å²) in [7, 11) is 0. The average molecular weight is 228 g/mol. The van der Waals surface area contributed by atoms with Crippen molar-refractivity contribution in [2.45, 2.75) is 60.8 Å². The summed E-state index contributed by atoms with van der Waals surface area (Å²) in [5, 5.41) is 9.26. The van der Waals surface area contributed by atoms with E-state index in [0.29, 0.717) is 18.4 Å². The van der Waals surface area contributed by atoms with E-state index in [1.165, 1.54) is 19.3 Å². The van der Waals surface area contributed by atoms with Gasteiger partial charge in [0.1, 0.15) is 0 Å². The highest BCUT2D eigenvalue weighted by Crippen LogP contribution is 2.33. The summed E-state index contributed by atoms with van der Waals surface area (Å²) in [5.41, 5.74) is 0. The molecule has 0 aromatic carbocycles. The molecule has 16 heavy (non-hydrogen) atoms. The third-order valence-corrected chi connectivity index (χ3v) is 4.53. The molecule has 0 spiro atoms. The van der Waals surface area contributed by atoms with Gasteiger partial charge < -0.3 is 5.11 Å². The standard InChI is InChI=1S/C15H32O/c1-7-11(3)9-12(4)15(8-2)14(6)13(5)10-16/h11-16H,7-10H2,1-6H3. The molecule has 1 heteroatoms. The minimum Gasteiger partial charge on any atom is -0.396 e. The van der Waals surface area contributed by atoms with Crippen molar-refractivity contribution in [2.75, 3.05) is 6.61 Å². The molecule has 0 bridgehead atoms. The predicted octanol–water partition coefficient (Wildman–Crippen LogP) is 4.35. The topological polar surface area (TPSA) is 20.2 Å². The molecule has 98 valence electrons. The van der Waals surface area contributed by atoms with Crippen LogP contribution in [0.2, 0.25) is 0 Å². The number of aliphatic hydroxyl groups excluding tert-OH is 1. The Hall–Kier alpha value is -0.0400. The van der Waals surface area contributed by atoms with Crippen LogP contribution in [-0.4, -0.2) is 11.7 Å². The van der Waals surface area contributed by atoms with Crippen molar-refractivity contribution in [2.24, 2.45) is 29.6 Å². The summed E-state index contributed by atoms with van der Waals surface area (Å²) in [4.78, 5) is 0. The van der Waals surface area contributed by atoms with Gasteiger partial charge in [-0.15, -0.1) is 0 Å². The van der Waals surface area contributed by atoms with Crippen LogP contribution in [0, 0.1) is 29.6 Å². The van der Waals surface area contributed by atoms with Gasteiger partial charge in [0.15, 0.2) is 0 Å². The molecule has 0 saturated carbocycles. The fourth-order valence-electron chi connectivity index (χ4n) is 2.86. The Morgan fingerprint density at radius 3 is 1.81 bits per heavy atom. The summed E-state index contributed by atoms with van der Waals surface area (Å²) >= 11 is 0. The second-order valence-electron chi connectivity index (χ2n) is 5.82. The van der Waals surface area contributed by atoms with E-state index in [1.807, 2.05) is 0 Å². The van der Waals surface area contributed by atoms with Crippen molar-refractivity contribution in [3.8, 4) is 0 Å². The minimum absolute atomic E-state index is 0.327. The lowest BCUT2D eigenvalue weighted by atomic mass is 9.73. The van der Waals surface area contributed by atoms with Gasteiger partial charge in [-0.3, -0.25) is 0 Å². The zero-order valence-corrected chi connectivity index (χ0v) is 12.2. The van der Waals surface area contributed by atoms with E-state index in [9.17, 15) is 5.11 Å². The lowest BCUT2D eigenvalue weighted by Crippen LogP contribution is -2.27. The Morgan fingerprint density at radius 2 is 1.44 bits per heavy atom. The molecule has 0 aliphatic heterocycles. The molecule has 0 rings (SSSR count). The van der Waals surface area contributed by atoms with E-state index < -0.39 is 0 Å². The quantitative estimate of drug-likeness (QED) is 0.655. The maximum Gasteiger partial charge on any atom is 0.0459 e. The van der Waals surface area contributed by atoms with Crippen LogP contribution in [0.25, 0.3) is 0 Å². The first kappa shape index (κ1) is 16.0. The predicted molar refractivity (Wildman–Crippen MR) is 72.4 cm³/mol. The second-order valence-corrected chi connectivity index (χ2v) is 5.82. The zero-order chi connectivity index (χ0) is 12.7. The summed E-state index contributed by atoms with van der Waals surface area (Å²) in [5.74, 6) is 3.44. The lowest BCUT2D eigenvalue weighted by Gasteiger charge is -2.33. The van der Waals surface area contributed by atoms with Gasteiger partial charge in [-0.05, 0) is 36.0 Å². The van der Waals surface area contributed by atoms with E-state index in [4.69, 9.17) is 0 Å². The molecule has 0 aromatic heterocycles. The molecule has 0 radical (unpaired) electrons. The summed E-state index contributed by atoms with van der Waals surface area (Å²) < 4.78 is 0. The van der Waals surface area contributed by atoms with E-state index in [1.54, 1.807) is 0 Å². The van der Waals surface area contributed by atoms with Gasteiger partial charge in [0.25, 0.3) is 0 Å². The van der Waals surface area contributed by atoms with Crippen LogP contribution in [-0.2, 0) is 0 Å². The molecular formula is C15H32O. The van der Waals surface area contributed by atoms with E-state index in [0.717, 1.165) is 17.8 Å². The Bertz CT molecular complexity index is 167. The monoisotopic (exact) mass is 228 g/mol. The van der Waals surface area contributed by atoms with Gasteiger partial charge in [0, 0.05) is 6.61 Å². The van der Waals surface area contributed by atoms with Crippen molar-refractivity contribution >= 4 is 0 Å². The van der Waals surface area contributed by atoms with Crippen molar-refractivity contribution in [1.29, 1.82) is 0 Å². The fraction of sp³-hybridized carbons (Fsp3) is 1.00. The van der Waals surface area contributed by atoms with Gasteiger partial charge in [-0.2, -0.15) is 0 Å². The smallest absolute Gasteiger partial charge is 0.0459 e. The largest absolute Gasteiger partial charge is 0.396 e. The Labute approximate surface area is 103 Å². The molecule has 5 unspecified atom stereocenters. The minimum atomic E-state index is 0.327. The van der Waals surface area contributed by atoms with Crippen LogP contribution < -0.4 is 0 Å². The summed E-state index contributed by atoms with van der Waals surface area (Å²) in [6.45, 7) is 14.1. The Balaban J connectivity index is 4.35. The Kier molecular flexibility index (Phi) is 8.09. The van der Waals surface area contributed by atoms with Gasteiger partial charge in [0.2, 0.25) is 0 Å².